The van der Waals surface area contributed by atoms with E-state index in [-0.39, 0.29) is 12.1 Å². The molecule has 3 N–H and O–H groups in total. The maximum Gasteiger partial charge on any atom is 0.323 e. The summed E-state index contributed by atoms with van der Waals surface area (Å²) >= 11 is 0. The number of rotatable bonds is 5. The third-order valence-electron chi connectivity index (χ3n) is 4.77. The Hall–Kier alpha value is -1.59. The summed E-state index contributed by atoms with van der Waals surface area (Å²) in [5.41, 5.74) is 5.74. The van der Waals surface area contributed by atoms with Crippen molar-refractivity contribution in [3.8, 4) is 6.01 Å². The van der Waals surface area contributed by atoms with Crippen LogP contribution in [-0.4, -0.2) is 27.1 Å². The summed E-state index contributed by atoms with van der Waals surface area (Å²) in [4.78, 5) is 12.5. The average Bonchev–Trinajstić information content (AvgIpc) is 2.99. The highest BCUT2D eigenvalue weighted by Crippen LogP contribution is 2.49. The van der Waals surface area contributed by atoms with E-state index in [0.29, 0.717) is 18.0 Å². The number of hydrogen-bond acceptors (Lipinski definition) is 6. The molecule has 0 amide bonds. The predicted octanol–water partition coefficient (Wildman–Crippen LogP) is 2.48. The summed E-state index contributed by atoms with van der Waals surface area (Å²) in [6.45, 7) is 6.09. The molecular formula is C15H25N5O. The van der Waals surface area contributed by atoms with E-state index in [9.17, 15) is 0 Å². The van der Waals surface area contributed by atoms with Gasteiger partial charge in [0.1, 0.15) is 0 Å². The molecule has 6 heteroatoms. The Morgan fingerprint density at radius 2 is 1.95 bits per heavy atom. The first kappa shape index (κ1) is 14.4. The zero-order chi connectivity index (χ0) is 15.0. The molecule has 21 heavy (non-hydrogen) atoms. The Balaban J connectivity index is 1.67. The number of nitrogens with one attached hydrogen (secondary N) is 1. The molecule has 3 rings (SSSR count). The van der Waals surface area contributed by atoms with E-state index in [1.807, 2.05) is 13.8 Å². The third kappa shape index (κ3) is 3.19. The minimum absolute atomic E-state index is 0.0163. The van der Waals surface area contributed by atoms with Gasteiger partial charge in [-0.2, -0.15) is 15.0 Å². The highest BCUT2D eigenvalue weighted by atomic mass is 16.5. The van der Waals surface area contributed by atoms with E-state index in [1.54, 1.807) is 0 Å². The molecule has 1 aromatic heterocycles. The van der Waals surface area contributed by atoms with E-state index in [2.05, 4.69) is 27.2 Å². The molecule has 4 unspecified atom stereocenters. The molecule has 1 aromatic rings. The molecule has 2 saturated carbocycles. The van der Waals surface area contributed by atoms with Crippen molar-refractivity contribution in [2.75, 3.05) is 11.1 Å². The standard InChI is InChI=1S/C15H25N5O/c1-8(2)21-15-19-13(16)18-14(20-15)17-9(3)12-7-10-4-5-11(12)6-10/h8-12H,4-7H2,1-3H3,(H3,16,17,18,19,20). The molecule has 0 aromatic carbocycles. The van der Waals surface area contributed by atoms with Crippen molar-refractivity contribution in [1.82, 2.24) is 15.0 Å². The fraction of sp³-hybridized carbons (Fsp3) is 0.800. The lowest BCUT2D eigenvalue weighted by atomic mass is 9.84. The second-order valence-corrected chi connectivity index (χ2v) is 6.74. The Labute approximate surface area is 125 Å². The van der Waals surface area contributed by atoms with E-state index in [4.69, 9.17) is 10.5 Å². The van der Waals surface area contributed by atoms with Crippen LogP contribution in [0.1, 0.15) is 46.5 Å². The summed E-state index contributed by atoms with van der Waals surface area (Å²) in [5, 5.41) is 3.40. The average molecular weight is 291 g/mol. The molecular weight excluding hydrogens is 266 g/mol. The van der Waals surface area contributed by atoms with Gasteiger partial charge in [0, 0.05) is 6.04 Å². The second kappa shape index (κ2) is 5.66. The number of nitrogens with zero attached hydrogens (tertiary/aromatic N) is 3. The van der Waals surface area contributed by atoms with Gasteiger partial charge in [-0.3, -0.25) is 0 Å². The van der Waals surface area contributed by atoms with Crippen LogP contribution in [0.15, 0.2) is 0 Å². The Kier molecular flexibility index (Phi) is 3.87. The number of anilines is 2. The van der Waals surface area contributed by atoms with Gasteiger partial charge in [-0.15, -0.1) is 0 Å². The zero-order valence-corrected chi connectivity index (χ0v) is 13.0. The Bertz CT molecular complexity index is 507. The lowest BCUT2D eigenvalue weighted by Gasteiger charge is -2.28. The SMILES string of the molecule is CC(C)Oc1nc(N)nc(NC(C)C2CC3CCC2C3)n1. The Morgan fingerprint density at radius 3 is 2.57 bits per heavy atom. The number of ether oxygens (including phenoxy) is 1. The van der Waals surface area contributed by atoms with Crippen molar-refractivity contribution in [3.63, 3.8) is 0 Å². The molecule has 2 aliphatic rings. The Morgan fingerprint density at radius 1 is 1.14 bits per heavy atom. The van der Waals surface area contributed by atoms with Crippen molar-refractivity contribution < 1.29 is 4.74 Å². The van der Waals surface area contributed by atoms with Gasteiger partial charge in [-0.1, -0.05) is 6.42 Å². The molecule has 6 nitrogen and oxygen atoms in total. The number of fused-ring (bicyclic) bond motifs is 2. The largest absolute Gasteiger partial charge is 0.461 e. The number of nitrogen functional groups attached to an aromatic ring is 1. The summed E-state index contributed by atoms with van der Waals surface area (Å²) < 4.78 is 5.51. The lowest BCUT2D eigenvalue weighted by Crippen LogP contribution is -2.31. The first-order valence-electron chi connectivity index (χ1n) is 7.96. The number of hydrogen-bond donors (Lipinski definition) is 2. The number of nitrogens with two attached hydrogens (primary N) is 1. The predicted molar refractivity (Wildman–Crippen MR) is 82.0 cm³/mol. The van der Waals surface area contributed by atoms with Crippen LogP contribution in [0.4, 0.5) is 11.9 Å². The summed E-state index contributed by atoms with van der Waals surface area (Å²) in [6, 6.07) is 0.647. The monoisotopic (exact) mass is 291 g/mol. The van der Waals surface area contributed by atoms with Crippen molar-refractivity contribution in [3.05, 3.63) is 0 Å². The van der Waals surface area contributed by atoms with Gasteiger partial charge in [-0.05, 0) is 57.8 Å². The smallest absolute Gasteiger partial charge is 0.323 e. The van der Waals surface area contributed by atoms with Gasteiger partial charge in [0.2, 0.25) is 11.9 Å². The van der Waals surface area contributed by atoms with Crippen molar-refractivity contribution in [1.29, 1.82) is 0 Å². The van der Waals surface area contributed by atoms with Crippen molar-refractivity contribution in [2.24, 2.45) is 17.8 Å². The summed E-state index contributed by atoms with van der Waals surface area (Å²) in [5.74, 6) is 3.24. The van der Waals surface area contributed by atoms with Crippen LogP contribution in [0.5, 0.6) is 6.01 Å². The molecule has 0 spiro atoms. The molecule has 0 radical (unpaired) electrons. The molecule has 2 bridgehead atoms. The lowest BCUT2D eigenvalue weighted by molar-refractivity contribution is 0.222. The van der Waals surface area contributed by atoms with Crippen LogP contribution in [0.2, 0.25) is 0 Å². The molecule has 4 atom stereocenters. The van der Waals surface area contributed by atoms with Crippen molar-refractivity contribution >= 4 is 11.9 Å². The highest BCUT2D eigenvalue weighted by Gasteiger charge is 2.41. The van der Waals surface area contributed by atoms with Crippen LogP contribution in [0.25, 0.3) is 0 Å². The topological polar surface area (TPSA) is 86.0 Å². The second-order valence-electron chi connectivity index (χ2n) is 6.74. The van der Waals surface area contributed by atoms with Gasteiger partial charge in [0.15, 0.2) is 0 Å². The molecule has 2 aliphatic carbocycles. The normalized spacial score (nSPS) is 28.9. The van der Waals surface area contributed by atoms with Crippen LogP contribution in [0.3, 0.4) is 0 Å². The maximum atomic E-state index is 5.74. The number of aromatic nitrogens is 3. The third-order valence-corrected chi connectivity index (χ3v) is 4.77. The van der Waals surface area contributed by atoms with E-state index >= 15 is 0 Å². The minimum Gasteiger partial charge on any atom is -0.461 e. The summed E-state index contributed by atoms with van der Waals surface area (Å²) in [7, 11) is 0. The fourth-order valence-electron chi connectivity index (χ4n) is 3.92. The van der Waals surface area contributed by atoms with Gasteiger partial charge < -0.3 is 15.8 Å². The summed E-state index contributed by atoms with van der Waals surface area (Å²) in [6.07, 6.45) is 5.54. The van der Waals surface area contributed by atoms with E-state index in [0.717, 1.165) is 17.8 Å². The molecule has 0 saturated heterocycles. The van der Waals surface area contributed by atoms with Gasteiger partial charge >= 0.3 is 6.01 Å². The quantitative estimate of drug-likeness (QED) is 0.866. The fourth-order valence-corrected chi connectivity index (χ4v) is 3.92. The first-order chi connectivity index (χ1) is 10.0. The van der Waals surface area contributed by atoms with Crippen molar-refractivity contribution in [2.45, 2.75) is 58.6 Å². The van der Waals surface area contributed by atoms with Crippen LogP contribution >= 0.6 is 0 Å². The highest BCUT2D eigenvalue weighted by molar-refractivity contribution is 5.33. The molecule has 116 valence electrons. The van der Waals surface area contributed by atoms with Gasteiger partial charge in [-0.25, -0.2) is 0 Å². The maximum absolute atomic E-state index is 5.74. The van der Waals surface area contributed by atoms with Crippen LogP contribution < -0.4 is 15.8 Å². The molecule has 0 aliphatic heterocycles. The van der Waals surface area contributed by atoms with Gasteiger partial charge in [0.25, 0.3) is 0 Å². The molecule has 1 heterocycles. The first-order valence-corrected chi connectivity index (χ1v) is 7.96. The minimum atomic E-state index is 0.0163. The van der Waals surface area contributed by atoms with Gasteiger partial charge in [0.05, 0.1) is 6.10 Å². The molecule has 2 fully saturated rings. The zero-order valence-electron chi connectivity index (χ0n) is 13.0. The van der Waals surface area contributed by atoms with E-state index in [1.165, 1.54) is 25.7 Å². The van der Waals surface area contributed by atoms with Crippen LogP contribution in [-0.2, 0) is 0 Å². The van der Waals surface area contributed by atoms with Crippen LogP contribution in [0, 0.1) is 17.8 Å². The van der Waals surface area contributed by atoms with E-state index < -0.39 is 0 Å².